The summed E-state index contributed by atoms with van der Waals surface area (Å²) in [5.41, 5.74) is -2.20. The van der Waals surface area contributed by atoms with E-state index in [1.807, 2.05) is 54.1 Å². The Kier molecular flexibility index (Phi) is 11.9. The third-order valence-electron chi connectivity index (χ3n) is 6.69. The molecule has 1 aromatic heterocycles. The van der Waals surface area contributed by atoms with E-state index in [-0.39, 0.29) is 25.8 Å². The van der Waals surface area contributed by atoms with Crippen LogP contribution in [0.3, 0.4) is 0 Å². The molecule has 13 heteroatoms. The minimum Gasteiger partial charge on any atom is -0.383 e. The number of hydrogen-bond acceptors (Lipinski definition) is 3. The van der Waals surface area contributed by atoms with Crippen LogP contribution < -0.4 is 0 Å². The number of amides is 2. The summed E-state index contributed by atoms with van der Waals surface area (Å²) in [5, 5.41) is 0. The van der Waals surface area contributed by atoms with Crippen molar-refractivity contribution >= 4 is 27.7 Å². The summed E-state index contributed by atoms with van der Waals surface area (Å²) >= 11 is 3.41. The highest BCUT2D eigenvalue weighted by atomic mass is 79.9. The Labute approximate surface area is 254 Å². The number of benzene rings is 2. The lowest BCUT2D eigenvalue weighted by atomic mass is 10.0. The van der Waals surface area contributed by atoms with Gasteiger partial charge in [0.05, 0.1) is 24.3 Å². The molecule has 234 valence electrons. The van der Waals surface area contributed by atoms with E-state index in [4.69, 9.17) is 4.74 Å². The van der Waals surface area contributed by atoms with E-state index < -0.39 is 47.4 Å². The number of hydrogen-bond donors (Lipinski definition) is 0. The number of alkyl halides is 6. The van der Waals surface area contributed by atoms with Crippen LogP contribution in [0.4, 0.5) is 26.3 Å². The van der Waals surface area contributed by atoms with Gasteiger partial charge in [-0.1, -0.05) is 41.4 Å². The van der Waals surface area contributed by atoms with E-state index in [9.17, 15) is 35.9 Å². The number of nitrogens with zero attached hydrogens (tertiary/aromatic N) is 3. The molecule has 0 spiro atoms. The summed E-state index contributed by atoms with van der Waals surface area (Å²) < 4.78 is 88.5. The van der Waals surface area contributed by atoms with E-state index in [0.29, 0.717) is 31.6 Å². The van der Waals surface area contributed by atoms with Gasteiger partial charge in [-0.15, -0.1) is 0 Å². The second-order valence-electron chi connectivity index (χ2n) is 9.94. The van der Waals surface area contributed by atoms with Crippen molar-refractivity contribution in [3.63, 3.8) is 0 Å². The number of carbonyl (C=O) groups is 2. The molecule has 1 heterocycles. The predicted octanol–water partition coefficient (Wildman–Crippen LogP) is 7.25. The second-order valence-corrected chi connectivity index (χ2v) is 10.9. The SMILES string of the molecule is CCCCN(Cc1cccn1Cc1ccc(Br)cc1)C(=O)CN(CCOC)C(=O)c1cc(C(F)(F)F)cc(C(F)(F)F)c1. The molecule has 0 aliphatic rings. The monoisotopic (exact) mass is 675 g/mol. The predicted molar refractivity (Wildman–Crippen MR) is 152 cm³/mol. The highest BCUT2D eigenvalue weighted by molar-refractivity contribution is 9.10. The molecule has 0 radical (unpaired) electrons. The van der Waals surface area contributed by atoms with Gasteiger partial charge in [0, 0.05) is 48.7 Å². The van der Waals surface area contributed by atoms with Gasteiger partial charge in [0.1, 0.15) is 6.54 Å². The van der Waals surface area contributed by atoms with Crippen molar-refractivity contribution in [3.8, 4) is 0 Å². The average molecular weight is 676 g/mol. The molecule has 0 atom stereocenters. The van der Waals surface area contributed by atoms with E-state index in [1.54, 1.807) is 0 Å². The van der Waals surface area contributed by atoms with Crippen LogP contribution in [0.25, 0.3) is 0 Å². The molecule has 43 heavy (non-hydrogen) atoms. The first-order valence-corrected chi connectivity index (χ1v) is 14.3. The zero-order chi connectivity index (χ0) is 31.8. The molecule has 2 aromatic carbocycles. The normalized spacial score (nSPS) is 11.9. The standard InChI is InChI=1S/C30H32BrF6N3O3/c1-3-4-11-39(19-26-6-5-12-38(26)18-21-7-9-25(31)10-8-21)27(41)20-40(13-14-43-2)28(42)22-15-23(29(32,33)34)17-24(16-22)30(35,36)37/h5-10,12,15-17H,3-4,11,13-14,18-20H2,1-2H3. The van der Waals surface area contributed by atoms with E-state index in [2.05, 4.69) is 15.9 Å². The molecule has 3 rings (SSSR count). The van der Waals surface area contributed by atoms with Crippen LogP contribution >= 0.6 is 15.9 Å². The average Bonchev–Trinajstić information content (AvgIpc) is 3.39. The van der Waals surface area contributed by atoms with Crippen molar-refractivity contribution in [1.29, 1.82) is 0 Å². The van der Waals surface area contributed by atoms with Gasteiger partial charge in [0.2, 0.25) is 5.91 Å². The molecule has 6 nitrogen and oxygen atoms in total. The van der Waals surface area contributed by atoms with E-state index in [0.717, 1.165) is 27.1 Å². The molecular formula is C30H32BrF6N3O3. The summed E-state index contributed by atoms with van der Waals surface area (Å²) in [7, 11) is 1.32. The minimum absolute atomic E-state index is 0.0443. The van der Waals surface area contributed by atoms with Crippen LogP contribution in [0, 0.1) is 0 Å². The minimum atomic E-state index is -5.12. The van der Waals surface area contributed by atoms with Gasteiger partial charge in [-0.3, -0.25) is 9.59 Å². The number of rotatable bonds is 13. The molecule has 3 aromatic rings. The molecule has 2 amide bonds. The Morgan fingerprint density at radius 3 is 2.09 bits per heavy atom. The number of unbranched alkanes of at least 4 members (excludes halogenated alkanes) is 1. The summed E-state index contributed by atoms with van der Waals surface area (Å²) in [5.74, 6) is -1.65. The fourth-order valence-electron chi connectivity index (χ4n) is 4.35. The van der Waals surface area contributed by atoms with Crippen molar-refractivity contribution < 1.29 is 40.7 Å². The van der Waals surface area contributed by atoms with Crippen molar-refractivity contribution in [3.05, 3.63) is 93.2 Å². The molecule has 0 unspecified atom stereocenters. The second kappa shape index (κ2) is 14.9. The first-order valence-electron chi connectivity index (χ1n) is 13.5. The zero-order valence-electron chi connectivity index (χ0n) is 23.6. The van der Waals surface area contributed by atoms with Crippen LogP contribution in [0.2, 0.25) is 0 Å². The van der Waals surface area contributed by atoms with Crippen LogP contribution in [-0.4, -0.2) is 59.5 Å². The van der Waals surface area contributed by atoms with Crippen molar-refractivity contribution in [2.24, 2.45) is 0 Å². The topological polar surface area (TPSA) is 54.8 Å². The lowest BCUT2D eigenvalue weighted by Crippen LogP contribution is -2.44. The Bertz CT molecular complexity index is 1340. The summed E-state index contributed by atoms with van der Waals surface area (Å²) in [6.45, 7) is 2.15. The molecule has 0 fully saturated rings. The molecule has 0 N–H and O–H groups in total. The maximum atomic E-state index is 13.6. The molecular weight excluding hydrogens is 644 g/mol. The van der Waals surface area contributed by atoms with Crippen LogP contribution in [-0.2, 0) is 35.0 Å². The van der Waals surface area contributed by atoms with Gasteiger partial charge in [0.25, 0.3) is 5.91 Å². The fraction of sp³-hybridized carbons (Fsp3) is 0.400. The summed E-state index contributed by atoms with van der Waals surface area (Å²) in [4.78, 5) is 29.4. The Morgan fingerprint density at radius 2 is 1.53 bits per heavy atom. The van der Waals surface area contributed by atoms with Gasteiger partial charge in [-0.2, -0.15) is 26.3 Å². The quantitative estimate of drug-likeness (QED) is 0.179. The van der Waals surface area contributed by atoms with Crippen LogP contribution in [0.1, 0.15) is 52.5 Å². The number of halogens is 7. The third kappa shape index (κ3) is 9.85. The van der Waals surface area contributed by atoms with Crippen LogP contribution in [0.5, 0.6) is 0 Å². The summed E-state index contributed by atoms with van der Waals surface area (Å²) in [6, 6.07) is 12.2. The third-order valence-corrected chi connectivity index (χ3v) is 7.22. The van der Waals surface area contributed by atoms with Gasteiger partial charge < -0.3 is 19.1 Å². The lowest BCUT2D eigenvalue weighted by Gasteiger charge is -2.28. The van der Waals surface area contributed by atoms with E-state index >= 15 is 0 Å². The first-order chi connectivity index (χ1) is 20.2. The smallest absolute Gasteiger partial charge is 0.383 e. The molecule has 0 saturated carbocycles. The maximum absolute atomic E-state index is 13.6. The maximum Gasteiger partial charge on any atom is 0.416 e. The van der Waals surface area contributed by atoms with Crippen molar-refractivity contribution in [1.82, 2.24) is 14.4 Å². The Balaban J connectivity index is 1.87. The summed E-state index contributed by atoms with van der Waals surface area (Å²) in [6.07, 6.45) is -6.95. The number of methoxy groups -OCH3 is 1. The fourth-order valence-corrected chi connectivity index (χ4v) is 4.61. The van der Waals surface area contributed by atoms with Crippen molar-refractivity contribution in [2.75, 3.05) is 33.4 Å². The van der Waals surface area contributed by atoms with Gasteiger partial charge >= 0.3 is 12.4 Å². The highest BCUT2D eigenvalue weighted by Crippen LogP contribution is 2.36. The number of ether oxygens (including phenoxy) is 1. The van der Waals surface area contributed by atoms with Gasteiger partial charge in [-0.05, 0) is 54.4 Å². The van der Waals surface area contributed by atoms with Crippen molar-refractivity contribution in [2.45, 2.75) is 45.2 Å². The largest absolute Gasteiger partial charge is 0.416 e. The van der Waals surface area contributed by atoms with Gasteiger partial charge in [0.15, 0.2) is 0 Å². The molecule has 0 aliphatic heterocycles. The van der Waals surface area contributed by atoms with E-state index in [1.165, 1.54) is 12.0 Å². The zero-order valence-corrected chi connectivity index (χ0v) is 25.2. The Morgan fingerprint density at radius 1 is 0.907 bits per heavy atom. The molecule has 0 bridgehead atoms. The number of aromatic nitrogens is 1. The Hall–Kier alpha value is -3.32. The van der Waals surface area contributed by atoms with Gasteiger partial charge in [-0.25, -0.2) is 0 Å². The first kappa shape index (κ1) is 34.2. The molecule has 0 saturated heterocycles. The lowest BCUT2D eigenvalue weighted by molar-refractivity contribution is -0.143. The molecule has 0 aliphatic carbocycles. The highest BCUT2D eigenvalue weighted by Gasteiger charge is 2.38. The number of carbonyl (C=O) groups excluding carboxylic acids is 2. The van der Waals surface area contributed by atoms with Crippen LogP contribution in [0.15, 0.2) is 65.3 Å².